The maximum atomic E-state index is 12.6. The fourth-order valence-electron chi connectivity index (χ4n) is 3.20. The molecule has 1 unspecified atom stereocenters. The molecule has 0 aromatic rings. The van der Waals surface area contributed by atoms with Crippen LogP contribution in [0.1, 0.15) is 32.1 Å². The monoisotopic (exact) mass is 300 g/mol. The van der Waals surface area contributed by atoms with E-state index in [2.05, 4.69) is 0 Å². The first-order valence-corrected chi connectivity index (χ1v) is 8.57. The normalized spacial score (nSPS) is 31.1. The third-order valence-corrected chi connectivity index (χ3v) is 5.54. The number of carboxylic acids is 1. The van der Waals surface area contributed by atoms with Crippen LogP contribution in [0.15, 0.2) is 0 Å². The van der Waals surface area contributed by atoms with Gasteiger partial charge in [0.05, 0.1) is 12.5 Å². The number of aliphatic carboxylic acids is 1. The predicted octanol–water partition coefficient (Wildman–Crippen LogP) is 1.17. The van der Waals surface area contributed by atoms with Crippen molar-refractivity contribution >= 4 is 23.6 Å². The van der Waals surface area contributed by atoms with E-state index in [4.69, 9.17) is 10.8 Å². The van der Waals surface area contributed by atoms with Crippen molar-refractivity contribution in [2.24, 2.45) is 17.6 Å². The van der Waals surface area contributed by atoms with Gasteiger partial charge in [-0.25, -0.2) is 0 Å². The minimum Gasteiger partial charge on any atom is -0.481 e. The number of hydrogen-bond donors (Lipinski definition) is 2. The second-order valence-corrected chi connectivity index (χ2v) is 6.96. The molecule has 1 saturated heterocycles. The largest absolute Gasteiger partial charge is 0.481 e. The van der Waals surface area contributed by atoms with Crippen molar-refractivity contribution in [1.82, 2.24) is 4.90 Å². The van der Waals surface area contributed by atoms with Gasteiger partial charge in [-0.3, -0.25) is 9.59 Å². The van der Waals surface area contributed by atoms with E-state index in [1.807, 2.05) is 4.90 Å². The zero-order chi connectivity index (χ0) is 14.5. The lowest BCUT2D eigenvalue weighted by Crippen LogP contribution is -2.49. The molecular formula is C14H24N2O3S. The molecule has 0 aromatic heterocycles. The van der Waals surface area contributed by atoms with E-state index in [0.29, 0.717) is 19.0 Å². The molecule has 2 rings (SSSR count). The number of carboxylic acid groups (broad SMARTS) is 1. The molecule has 0 spiro atoms. The van der Waals surface area contributed by atoms with Gasteiger partial charge >= 0.3 is 5.97 Å². The van der Waals surface area contributed by atoms with E-state index < -0.39 is 5.97 Å². The molecule has 2 fully saturated rings. The first kappa shape index (κ1) is 15.6. The van der Waals surface area contributed by atoms with Gasteiger partial charge in [-0.15, -0.1) is 0 Å². The fraction of sp³-hybridized carbons (Fsp3) is 0.857. The molecule has 6 heteroatoms. The molecule has 1 aliphatic heterocycles. The van der Waals surface area contributed by atoms with Crippen molar-refractivity contribution in [3.8, 4) is 0 Å². The smallest absolute Gasteiger partial charge is 0.305 e. The molecule has 1 amide bonds. The van der Waals surface area contributed by atoms with Gasteiger partial charge in [0, 0.05) is 24.0 Å². The maximum Gasteiger partial charge on any atom is 0.305 e. The number of amides is 1. The molecule has 2 aliphatic rings. The SMILES string of the molecule is NCC1CCC(C(=O)N2CCSCC2CC(=O)O)CC1. The standard InChI is InChI=1S/C14H24N2O3S/c15-8-10-1-3-11(4-2-10)14(19)16-5-6-20-9-12(16)7-13(17)18/h10-12H,1-9,15H2,(H,17,18). The molecule has 0 aromatic carbocycles. The van der Waals surface area contributed by atoms with E-state index in [-0.39, 0.29) is 24.3 Å². The third-order valence-electron chi connectivity index (χ3n) is 4.45. The highest BCUT2D eigenvalue weighted by Crippen LogP contribution is 2.31. The minimum absolute atomic E-state index is 0.0664. The summed E-state index contributed by atoms with van der Waals surface area (Å²) in [5.74, 6) is 1.66. The molecule has 20 heavy (non-hydrogen) atoms. The Morgan fingerprint density at radius 3 is 2.55 bits per heavy atom. The van der Waals surface area contributed by atoms with E-state index in [0.717, 1.165) is 37.2 Å². The van der Waals surface area contributed by atoms with Gasteiger partial charge in [-0.05, 0) is 38.1 Å². The number of carbonyl (C=O) groups excluding carboxylic acids is 1. The molecular weight excluding hydrogens is 276 g/mol. The first-order valence-electron chi connectivity index (χ1n) is 7.42. The van der Waals surface area contributed by atoms with E-state index in [9.17, 15) is 9.59 Å². The summed E-state index contributed by atoms with van der Waals surface area (Å²) in [7, 11) is 0. The number of nitrogens with zero attached hydrogens (tertiary/aromatic N) is 1. The molecule has 0 bridgehead atoms. The second kappa shape index (κ2) is 7.31. The quantitative estimate of drug-likeness (QED) is 0.814. The summed E-state index contributed by atoms with van der Waals surface area (Å²) in [4.78, 5) is 25.4. The van der Waals surface area contributed by atoms with Crippen LogP contribution in [-0.2, 0) is 9.59 Å². The van der Waals surface area contributed by atoms with Gasteiger partial charge in [0.2, 0.25) is 5.91 Å². The van der Waals surface area contributed by atoms with E-state index in [1.165, 1.54) is 0 Å². The number of rotatable bonds is 4. The highest BCUT2D eigenvalue weighted by molar-refractivity contribution is 7.99. The summed E-state index contributed by atoms with van der Waals surface area (Å²) in [5, 5.41) is 8.98. The zero-order valence-electron chi connectivity index (χ0n) is 11.8. The molecule has 3 N–H and O–H groups in total. The van der Waals surface area contributed by atoms with E-state index >= 15 is 0 Å². The zero-order valence-corrected chi connectivity index (χ0v) is 12.6. The van der Waals surface area contributed by atoms with Crippen LogP contribution in [0.5, 0.6) is 0 Å². The van der Waals surface area contributed by atoms with Crippen molar-refractivity contribution < 1.29 is 14.7 Å². The molecule has 114 valence electrons. The van der Waals surface area contributed by atoms with E-state index in [1.54, 1.807) is 11.8 Å². The third kappa shape index (κ3) is 3.88. The molecule has 1 heterocycles. The van der Waals surface area contributed by atoms with Crippen molar-refractivity contribution in [3.05, 3.63) is 0 Å². The second-order valence-electron chi connectivity index (χ2n) is 5.81. The fourth-order valence-corrected chi connectivity index (χ4v) is 4.26. The molecule has 5 nitrogen and oxygen atoms in total. The molecule has 0 radical (unpaired) electrons. The van der Waals surface area contributed by atoms with Crippen LogP contribution >= 0.6 is 11.8 Å². The Kier molecular flexibility index (Phi) is 5.72. The van der Waals surface area contributed by atoms with Crippen LogP contribution in [0, 0.1) is 11.8 Å². The number of thioether (sulfide) groups is 1. The summed E-state index contributed by atoms with van der Waals surface area (Å²) in [6.07, 6.45) is 3.93. The number of hydrogen-bond acceptors (Lipinski definition) is 4. The van der Waals surface area contributed by atoms with Gasteiger partial charge in [-0.2, -0.15) is 11.8 Å². The van der Waals surface area contributed by atoms with Gasteiger partial charge in [-0.1, -0.05) is 0 Å². The molecule has 1 atom stereocenters. The summed E-state index contributed by atoms with van der Waals surface area (Å²) in [6.45, 7) is 1.40. The minimum atomic E-state index is -0.817. The van der Waals surface area contributed by atoms with Crippen molar-refractivity contribution in [2.45, 2.75) is 38.1 Å². The van der Waals surface area contributed by atoms with Gasteiger partial charge < -0.3 is 15.7 Å². The van der Waals surface area contributed by atoms with Crippen molar-refractivity contribution in [3.63, 3.8) is 0 Å². The van der Waals surface area contributed by atoms with Crippen LogP contribution in [0.4, 0.5) is 0 Å². The first-order chi connectivity index (χ1) is 9.61. The Morgan fingerprint density at radius 2 is 1.95 bits per heavy atom. The summed E-state index contributed by atoms with van der Waals surface area (Å²) in [5.41, 5.74) is 5.68. The predicted molar refractivity (Wildman–Crippen MR) is 79.6 cm³/mol. The average Bonchev–Trinajstić information content (AvgIpc) is 2.46. The Labute approximate surface area is 124 Å². The Bertz CT molecular complexity index is 356. The Hall–Kier alpha value is -0.750. The van der Waals surface area contributed by atoms with Crippen LogP contribution < -0.4 is 5.73 Å². The summed E-state index contributed by atoms with van der Waals surface area (Å²) in [6, 6.07) is -0.133. The summed E-state index contributed by atoms with van der Waals surface area (Å²) >= 11 is 1.74. The summed E-state index contributed by atoms with van der Waals surface area (Å²) < 4.78 is 0. The van der Waals surface area contributed by atoms with Crippen molar-refractivity contribution in [2.75, 3.05) is 24.6 Å². The lowest BCUT2D eigenvalue weighted by molar-refractivity contribution is -0.142. The number of nitrogens with two attached hydrogens (primary N) is 1. The lowest BCUT2D eigenvalue weighted by atomic mass is 9.81. The van der Waals surface area contributed by atoms with Gasteiger partial charge in [0.25, 0.3) is 0 Å². The van der Waals surface area contributed by atoms with Gasteiger partial charge in [0.15, 0.2) is 0 Å². The van der Waals surface area contributed by atoms with Crippen molar-refractivity contribution in [1.29, 1.82) is 0 Å². The van der Waals surface area contributed by atoms with Crippen LogP contribution in [-0.4, -0.2) is 52.5 Å². The highest BCUT2D eigenvalue weighted by atomic mass is 32.2. The van der Waals surface area contributed by atoms with Crippen LogP contribution in [0.2, 0.25) is 0 Å². The average molecular weight is 300 g/mol. The lowest BCUT2D eigenvalue weighted by Gasteiger charge is -2.38. The topological polar surface area (TPSA) is 83.6 Å². The number of carbonyl (C=O) groups is 2. The van der Waals surface area contributed by atoms with Gasteiger partial charge in [0.1, 0.15) is 0 Å². The molecule has 1 aliphatic carbocycles. The highest BCUT2D eigenvalue weighted by Gasteiger charge is 2.34. The maximum absolute atomic E-state index is 12.6. The van der Waals surface area contributed by atoms with Crippen LogP contribution in [0.25, 0.3) is 0 Å². The Morgan fingerprint density at radius 1 is 1.25 bits per heavy atom. The Balaban J connectivity index is 1.94. The van der Waals surface area contributed by atoms with Crippen LogP contribution in [0.3, 0.4) is 0 Å². The molecule has 1 saturated carbocycles.